The molecule has 0 radical (unpaired) electrons. The first kappa shape index (κ1) is 18.4. The molecule has 0 unspecified atom stereocenters. The van der Waals surface area contributed by atoms with Crippen molar-refractivity contribution >= 4 is 12.1 Å². The number of benzene rings is 2. The minimum Gasteiger partial charge on any atom is -0.490 e. The van der Waals surface area contributed by atoms with E-state index < -0.39 is 12.5 Å². The molecule has 1 amide bonds. The van der Waals surface area contributed by atoms with E-state index in [1.807, 2.05) is 6.92 Å². The lowest BCUT2D eigenvalue weighted by Gasteiger charge is -2.13. The zero-order valence-electron chi connectivity index (χ0n) is 13.8. The van der Waals surface area contributed by atoms with Gasteiger partial charge in [-0.2, -0.15) is 13.9 Å². The second-order valence-electron chi connectivity index (χ2n) is 5.05. The Labute approximate surface area is 144 Å². The van der Waals surface area contributed by atoms with Crippen LogP contribution in [0.1, 0.15) is 28.4 Å². The van der Waals surface area contributed by atoms with Crippen molar-refractivity contribution in [2.45, 2.75) is 20.5 Å². The molecule has 25 heavy (non-hydrogen) atoms. The summed E-state index contributed by atoms with van der Waals surface area (Å²) in [6.07, 6.45) is 1.23. The summed E-state index contributed by atoms with van der Waals surface area (Å²) in [7, 11) is 0. The summed E-state index contributed by atoms with van der Waals surface area (Å²) in [5.41, 5.74) is 4.07. The number of nitrogens with zero attached hydrogens (tertiary/aromatic N) is 1. The van der Waals surface area contributed by atoms with Crippen molar-refractivity contribution in [3.8, 4) is 11.5 Å². The van der Waals surface area contributed by atoms with Gasteiger partial charge in [-0.1, -0.05) is 23.8 Å². The van der Waals surface area contributed by atoms with Crippen molar-refractivity contribution in [1.82, 2.24) is 5.43 Å². The number of amides is 1. The zero-order chi connectivity index (χ0) is 18.2. The largest absolute Gasteiger partial charge is 0.490 e. The number of ether oxygens (including phenoxy) is 2. The number of carbonyl (C=O) groups excluding carboxylic acids is 1. The first-order valence-electron chi connectivity index (χ1n) is 7.62. The third-order valence-electron chi connectivity index (χ3n) is 3.20. The predicted octanol–water partition coefficient (Wildman–Crippen LogP) is 3.76. The summed E-state index contributed by atoms with van der Waals surface area (Å²) < 4.78 is 35.1. The van der Waals surface area contributed by atoms with E-state index in [-0.39, 0.29) is 17.1 Å². The first-order valence-corrected chi connectivity index (χ1v) is 7.62. The van der Waals surface area contributed by atoms with Crippen molar-refractivity contribution in [1.29, 1.82) is 0 Å². The van der Waals surface area contributed by atoms with Gasteiger partial charge in [-0.15, -0.1) is 0 Å². The van der Waals surface area contributed by atoms with Crippen molar-refractivity contribution in [3.63, 3.8) is 0 Å². The highest BCUT2D eigenvalue weighted by Gasteiger charge is 2.14. The predicted molar refractivity (Wildman–Crippen MR) is 90.5 cm³/mol. The quantitative estimate of drug-likeness (QED) is 0.612. The maximum absolute atomic E-state index is 12.6. The normalized spacial score (nSPS) is 10.9. The minimum atomic E-state index is -3.00. The molecular formula is C18H18F2N2O3. The Morgan fingerprint density at radius 1 is 1.24 bits per heavy atom. The van der Waals surface area contributed by atoms with Crippen LogP contribution < -0.4 is 14.9 Å². The molecule has 0 spiro atoms. The molecule has 5 nitrogen and oxygen atoms in total. The van der Waals surface area contributed by atoms with Gasteiger partial charge in [0.2, 0.25) is 0 Å². The Hall–Kier alpha value is -2.96. The minimum absolute atomic E-state index is 0.132. The maximum Gasteiger partial charge on any atom is 0.387 e. The number of hydrogen-bond acceptors (Lipinski definition) is 4. The number of aryl methyl sites for hydroxylation is 1. The Morgan fingerprint density at radius 3 is 2.60 bits per heavy atom. The van der Waals surface area contributed by atoms with Gasteiger partial charge in [-0.3, -0.25) is 4.79 Å². The topological polar surface area (TPSA) is 59.9 Å². The third kappa shape index (κ3) is 5.27. The summed E-state index contributed by atoms with van der Waals surface area (Å²) in [6.45, 7) is 0.935. The van der Waals surface area contributed by atoms with Crippen LogP contribution in [0.15, 0.2) is 47.6 Å². The van der Waals surface area contributed by atoms with E-state index in [0.29, 0.717) is 12.2 Å². The van der Waals surface area contributed by atoms with Crippen LogP contribution in [0.25, 0.3) is 0 Å². The zero-order valence-corrected chi connectivity index (χ0v) is 13.8. The van der Waals surface area contributed by atoms with Crippen LogP contribution in [-0.2, 0) is 0 Å². The second-order valence-corrected chi connectivity index (χ2v) is 5.05. The van der Waals surface area contributed by atoms with Gasteiger partial charge in [0.15, 0.2) is 11.5 Å². The highest BCUT2D eigenvalue weighted by atomic mass is 19.3. The SMILES string of the molecule is CCOc1cccc(/C=N\NC(=O)c2ccc(C)cc2)c1OC(F)F. The molecule has 132 valence electrons. The summed E-state index contributed by atoms with van der Waals surface area (Å²) in [6, 6.07) is 11.6. The first-order chi connectivity index (χ1) is 12.0. The average Bonchev–Trinajstić information content (AvgIpc) is 2.58. The molecule has 0 aliphatic rings. The van der Waals surface area contributed by atoms with Crippen molar-refractivity contribution in [2.24, 2.45) is 5.10 Å². The van der Waals surface area contributed by atoms with Gasteiger partial charge in [0.1, 0.15) is 0 Å². The number of carbonyl (C=O) groups is 1. The highest BCUT2D eigenvalue weighted by molar-refractivity contribution is 5.95. The van der Waals surface area contributed by atoms with Crippen molar-refractivity contribution in [2.75, 3.05) is 6.61 Å². The molecular weight excluding hydrogens is 330 g/mol. The van der Waals surface area contributed by atoms with E-state index in [0.717, 1.165) is 5.56 Å². The van der Waals surface area contributed by atoms with E-state index in [4.69, 9.17) is 4.74 Å². The molecule has 0 bridgehead atoms. The van der Waals surface area contributed by atoms with Crippen LogP contribution in [0.4, 0.5) is 8.78 Å². The summed E-state index contributed by atoms with van der Waals surface area (Å²) in [4.78, 5) is 12.0. The lowest BCUT2D eigenvalue weighted by Crippen LogP contribution is -2.17. The van der Waals surface area contributed by atoms with Gasteiger partial charge in [-0.05, 0) is 38.1 Å². The number of rotatable bonds is 7. The van der Waals surface area contributed by atoms with Crippen LogP contribution in [0.5, 0.6) is 11.5 Å². The Morgan fingerprint density at radius 2 is 1.96 bits per heavy atom. The Bertz CT molecular complexity index is 746. The van der Waals surface area contributed by atoms with Gasteiger partial charge < -0.3 is 9.47 Å². The smallest absolute Gasteiger partial charge is 0.387 e. The van der Waals surface area contributed by atoms with Crippen molar-refractivity contribution in [3.05, 3.63) is 59.2 Å². The van der Waals surface area contributed by atoms with E-state index in [2.05, 4.69) is 15.3 Å². The third-order valence-corrected chi connectivity index (χ3v) is 3.20. The molecule has 0 aliphatic carbocycles. The molecule has 0 aliphatic heterocycles. The lowest BCUT2D eigenvalue weighted by molar-refractivity contribution is -0.0515. The van der Waals surface area contributed by atoms with E-state index in [1.165, 1.54) is 18.3 Å². The fourth-order valence-corrected chi connectivity index (χ4v) is 2.05. The molecule has 7 heteroatoms. The van der Waals surface area contributed by atoms with Crippen LogP contribution in [0.3, 0.4) is 0 Å². The van der Waals surface area contributed by atoms with Gasteiger partial charge >= 0.3 is 6.61 Å². The monoisotopic (exact) mass is 348 g/mol. The molecule has 1 N–H and O–H groups in total. The molecule has 0 heterocycles. The van der Waals surface area contributed by atoms with Gasteiger partial charge in [0, 0.05) is 11.1 Å². The van der Waals surface area contributed by atoms with E-state index >= 15 is 0 Å². The molecule has 0 aromatic heterocycles. The molecule has 0 saturated carbocycles. The highest BCUT2D eigenvalue weighted by Crippen LogP contribution is 2.31. The number of hydrogen-bond donors (Lipinski definition) is 1. The second kappa shape index (κ2) is 8.77. The van der Waals surface area contributed by atoms with Crippen LogP contribution in [0, 0.1) is 6.92 Å². The number of para-hydroxylation sites is 1. The number of nitrogens with one attached hydrogen (secondary N) is 1. The fourth-order valence-electron chi connectivity index (χ4n) is 2.05. The lowest BCUT2D eigenvalue weighted by atomic mass is 10.1. The average molecular weight is 348 g/mol. The van der Waals surface area contributed by atoms with Crippen LogP contribution >= 0.6 is 0 Å². The number of halogens is 2. The molecule has 0 atom stereocenters. The van der Waals surface area contributed by atoms with Crippen LogP contribution in [0.2, 0.25) is 0 Å². The van der Waals surface area contributed by atoms with E-state index in [9.17, 15) is 13.6 Å². The fraction of sp³-hybridized carbons (Fsp3) is 0.222. The Kier molecular flexibility index (Phi) is 6.45. The van der Waals surface area contributed by atoms with Crippen molar-refractivity contribution < 1.29 is 23.0 Å². The maximum atomic E-state index is 12.6. The number of hydrazone groups is 1. The Balaban J connectivity index is 2.15. The summed E-state index contributed by atoms with van der Waals surface area (Å²) in [5, 5.41) is 3.80. The van der Waals surface area contributed by atoms with Gasteiger partial charge in [-0.25, -0.2) is 5.43 Å². The summed E-state index contributed by atoms with van der Waals surface area (Å²) >= 11 is 0. The van der Waals surface area contributed by atoms with Crippen LogP contribution in [-0.4, -0.2) is 25.3 Å². The standard InChI is InChI=1S/C18H18F2N2O3/c1-3-24-15-6-4-5-14(16(15)25-18(19)20)11-21-22-17(23)13-9-7-12(2)8-10-13/h4-11,18H,3H2,1-2H3,(H,22,23)/b21-11-. The number of alkyl halides is 2. The molecule has 2 aromatic carbocycles. The molecule has 0 fully saturated rings. The molecule has 2 aromatic rings. The molecule has 0 saturated heterocycles. The molecule has 2 rings (SSSR count). The van der Waals surface area contributed by atoms with E-state index in [1.54, 1.807) is 37.3 Å². The summed E-state index contributed by atoms with van der Waals surface area (Å²) in [5.74, 6) is -0.363. The van der Waals surface area contributed by atoms with Gasteiger partial charge in [0.25, 0.3) is 5.91 Å². The van der Waals surface area contributed by atoms with Gasteiger partial charge in [0.05, 0.1) is 12.8 Å².